The number of aliphatic carboxylic acids is 1. The predicted molar refractivity (Wildman–Crippen MR) is 147 cm³/mol. The average molecular weight is 577 g/mol. The predicted octanol–water partition coefficient (Wildman–Crippen LogP) is 3.84. The maximum atomic E-state index is 12.7. The Morgan fingerprint density at radius 2 is 1.90 bits per heavy atom. The van der Waals surface area contributed by atoms with E-state index < -0.39 is 23.1 Å². The third kappa shape index (κ3) is 4.69. The normalized spacial score (nSPS) is 51.3. The molecule has 0 aromatic carbocycles. The van der Waals surface area contributed by atoms with Gasteiger partial charge in [-0.1, -0.05) is 13.8 Å². The van der Waals surface area contributed by atoms with Crippen LogP contribution in [0.4, 0.5) is 0 Å². The maximum Gasteiger partial charge on any atom is 0.331 e. The highest BCUT2D eigenvalue weighted by atomic mass is 16.7. The second-order valence-electron chi connectivity index (χ2n) is 14.5. The Morgan fingerprint density at radius 1 is 1.12 bits per heavy atom. The zero-order valence-electron chi connectivity index (χ0n) is 24.9. The lowest BCUT2D eigenvalue weighted by Gasteiger charge is -2.63. The molecule has 0 spiro atoms. The van der Waals surface area contributed by atoms with Gasteiger partial charge in [-0.25, -0.2) is 4.79 Å². The smallest absolute Gasteiger partial charge is 0.331 e. The van der Waals surface area contributed by atoms with E-state index in [4.69, 9.17) is 18.9 Å². The number of ether oxygens (including phenoxy) is 4. The van der Waals surface area contributed by atoms with Gasteiger partial charge in [0.2, 0.25) is 0 Å². The van der Waals surface area contributed by atoms with Gasteiger partial charge >= 0.3 is 11.9 Å². The summed E-state index contributed by atoms with van der Waals surface area (Å²) in [6.45, 7) is 6.62. The SMILES string of the molecule is CO[C@@H]1C[C@H](O[C@@H]2CC[C@@]3(C)[C@H](CC[C@@H]4[C@@H]3CC[C@]3(C)[C@@H](C5=CC(=O)OC5)[C@@H](CC(=O)O)C[C@@]43O)C2)O[C@H](C)[C@H]1O. The van der Waals surface area contributed by atoms with Gasteiger partial charge in [-0.2, -0.15) is 0 Å². The van der Waals surface area contributed by atoms with Gasteiger partial charge in [-0.15, -0.1) is 0 Å². The van der Waals surface area contributed by atoms with Crippen LogP contribution in [0.1, 0.15) is 85.0 Å². The first kappa shape index (κ1) is 29.5. The highest BCUT2D eigenvalue weighted by Gasteiger charge is 2.70. The molecule has 4 saturated carbocycles. The summed E-state index contributed by atoms with van der Waals surface area (Å²) in [6.07, 6.45) is 7.57. The standard InChI is InChI=1S/C32H48O9/c1-17-29(36)24(38-4)14-27(40-17)41-21-7-9-30(2)20(13-21)5-6-23-22(30)8-10-31(3)28(19-12-26(35)39-16-19)18(11-25(33)34)15-32(23,31)37/h12,17-18,20-24,27-29,36-37H,5-11,13-16H2,1-4H3,(H,33,34)/t17-,18+,20-,21-,22+,23-,24-,27+,28-,29-,30+,31-,32-/m1/s1. The minimum absolute atomic E-state index is 0.00674. The first-order chi connectivity index (χ1) is 19.4. The topological polar surface area (TPSA) is 132 Å². The number of aliphatic hydroxyl groups is 2. The lowest BCUT2D eigenvalue weighted by Crippen LogP contribution is -2.62. The van der Waals surface area contributed by atoms with Crippen molar-refractivity contribution in [3.05, 3.63) is 11.6 Å². The Labute approximate surface area is 242 Å². The van der Waals surface area contributed by atoms with Crippen molar-refractivity contribution in [2.45, 2.75) is 121 Å². The number of aliphatic hydroxyl groups excluding tert-OH is 1. The van der Waals surface area contributed by atoms with E-state index in [0.717, 1.165) is 50.5 Å². The number of hydrogen-bond acceptors (Lipinski definition) is 8. The molecule has 1 saturated heterocycles. The molecular weight excluding hydrogens is 528 g/mol. The van der Waals surface area contributed by atoms with Crippen LogP contribution in [0.3, 0.4) is 0 Å². The second kappa shape index (κ2) is 10.6. The van der Waals surface area contributed by atoms with Crippen molar-refractivity contribution in [3.63, 3.8) is 0 Å². The number of esters is 1. The lowest BCUT2D eigenvalue weighted by molar-refractivity contribution is -0.273. The minimum Gasteiger partial charge on any atom is -0.481 e. The third-order valence-electron chi connectivity index (χ3n) is 12.8. The van der Waals surface area contributed by atoms with Crippen molar-refractivity contribution < 1.29 is 43.9 Å². The molecule has 6 aliphatic rings. The molecule has 0 unspecified atom stereocenters. The quantitative estimate of drug-likeness (QED) is 0.319. The van der Waals surface area contributed by atoms with Gasteiger partial charge in [-0.3, -0.25) is 4.79 Å². The van der Waals surface area contributed by atoms with Crippen LogP contribution in [-0.4, -0.2) is 77.3 Å². The Morgan fingerprint density at radius 3 is 2.59 bits per heavy atom. The van der Waals surface area contributed by atoms with Crippen LogP contribution in [0.15, 0.2) is 11.6 Å². The minimum atomic E-state index is -0.976. The van der Waals surface area contributed by atoms with Crippen molar-refractivity contribution in [1.82, 2.24) is 0 Å². The van der Waals surface area contributed by atoms with E-state index in [1.54, 1.807) is 13.2 Å². The van der Waals surface area contributed by atoms with Gasteiger partial charge in [0.05, 0.1) is 23.9 Å². The lowest BCUT2D eigenvalue weighted by atomic mass is 9.43. The van der Waals surface area contributed by atoms with Crippen LogP contribution >= 0.6 is 0 Å². The first-order valence-corrected chi connectivity index (χ1v) is 15.7. The molecule has 4 aliphatic carbocycles. The molecule has 230 valence electrons. The zero-order valence-corrected chi connectivity index (χ0v) is 24.9. The van der Waals surface area contributed by atoms with Gasteiger partial charge in [0.15, 0.2) is 6.29 Å². The van der Waals surface area contributed by atoms with E-state index in [9.17, 15) is 24.9 Å². The molecular formula is C32H48O9. The number of carboxylic acids is 1. The van der Waals surface area contributed by atoms with E-state index in [2.05, 4.69) is 13.8 Å². The van der Waals surface area contributed by atoms with Gasteiger partial charge in [-0.05, 0) is 98.9 Å². The van der Waals surface area contributed by atoms with Gasteiger partial charge in [0.25, 0.3) is 0 Å². The Balaban J connectivity index is 1.19. The Kier molecular flexibility index (Phi) is 7.62. The van der Waals surface area contributed by atoms with Gasteiger partial charge in [0.1, 0.15) is 12.7 Å². The molecule has 6 rings (SSSR count). The molecule has 41 heavy (non-hydrogen) atoms. The molecule has 2 aliphatic heterocycles. The Bertz CT molecular complexity index is 1080. The van der Waals surface area contributed by atoms with E-state index in [-0.39, 0.29) is 66.8 Å². The third-order valence-corrected chi connectivity index (χ3v) is 12.8. The number of carbonyl (C=O) groups excluding carboxylic acids is 1. The van der Waals surface area contributed by atoms with Crippen molar-refractivity contribution in [3.8, 4) is 0 Å². The Hall–Kier alpha value is -1.52. The fourth-order valence-electron chi connectivity index (χ4n) is 10.8. The van der Waals surface area contributed by atoms with Crippen LogP contribution in [0, 0.1) is 40.4 Å². The van der Waals surface area contributed by atoms with E-state index in [1.165, 1.54) is 0 Å². The number of cyclic esters (lactones) is 1. The number of fused-ring (bicyclic) bond motifs is 5. The highest BCUT2D eigenvalue weighted by molar-refractivity contribution is 5.85. The van der Waals surface area contributed by atoms with Crippen LogP contribution in [0.2, 0.25) is 0 Å². The number of carboxylic acid groups (broad SMARTS) is 1. The number of rotatable bonds is 6. The molecule has 2 heterocycles. The van der Waals surface area contributed by atoms with Crippen molar-refractivity contribution in [1.29, 1.82) is 0 Å². The van der Waals surface area contributed by atoms with Gasteiger partial charge in [0, 0.05) is 31.4 Å². The molecule has 0 amide bonds. The molecule has 5 fully saturated rings. The molecule has 0 aromatic rings. The fourth-order valence-corrected chi connectivity index (χ4v) is 10.8. The molecule has 0 aromatic heterocycles. The van der Waals surface area contributed by atoms with Crippen LogP contribution in [0.25, 0.3) is 0 Å². The van der Waals surface area contributed by atoms with Crippen molar-refractivity contribution >= 4 is 11.9 Å². The summed E-state index contributed by atoms with van der Waals surface area (Å²) in [5.74, 6) is -0.663. The van der Waals surface area contributed by atoms with Gasteiger partial charge < -0.3 is 34.3 Å². The summed E-state index contributed by atoms with van der Waals surface area (Å²) >= 11 is 0. The summed E-state index contributed by atoms with van der Waals surface area (Å²) in [4.78, 5) is 23.9. The maximum absolute atomic E-state index is 12.7. The molecule has 0 radical (unpaired) electrons. The number of carbonyl (C=O) groups is 2. The largest absolute Gasteiger partial charge is 0.481 e. The summed E-state index contributed by atoms with van der Waals surface area (Å²) < 4.78 is 23.2. The zero-order chi connectivity index (χ0) is 29.3. The van der Waals surface area contributed by atoms with Crippen LogP contribution in [0.5, 0.6) is 0 Å². The second-order valence-corrected chi connectivity index (χ2v) is 14.5. The van der Waals surface area contributed by atoms with E-state index >= 15 is 0 Å². The number of hydrogen-bond donors (Lipinski definition) is 3. The van der Waals surface area contributed by atoms with Crippen LogP contribution in [-0.2, 0) is 28.5 Å². The summed E-state index contributed by atoms with van der Waals surface area (Å²) in [7, 11) is 1.62. The van der Waals surface area contributed by atoms with E-state index in [1.807, 2.05) is 6.92 Å². The number of methoxy groups -OCH3 is 1. The van der Waals surface area contributed by atoms with Crippen molar-refractivity contribution in [2.24, 2.45) is 40.4 Å². The fraction of sp³-hybridized carbons (Fsp3) is 0.875. The van der Waals surface area contributed by atoms with Crippen molar-refractivity contribution in [2.75, 3.05) is 13.7 Å². The summed E-state index contributed by atoms with van der Waals surface area (Å²) in [6, 6.07) is 0. The molecule has 9 nitrogen and oxygen atoms in total. The molecule has 9 heteroatoms. The summed E-state index contributed by atoms with van der Waals surface area (Å²) in [5, 5.41) is 32.8. The molecule has 0 bridgehead atoms. The average Bonchev–Trinajstić information content (AvgIpc) is 3.42. The van der Waals surface area contributed by atoms with Crippen LogP contribution < -0.4 is 0 Å². The monoisotopic (exact) mass is 576 g/mol. The van der Waals surface area contributed by atoms with E-state index in [0.29, 0.717) is 24.7 Å². The summed E-state index contributed by atoms with van der Waals surface area (Å²) in [5.41, 5.74) is -0.526. The highest BCUT2D eigenvalue weighted by Crippen LogP contribution is 2.71. The first-order valence-electron chi connectivity index (χ1n) is 15.7. The molecule has 3 N–H and O–H groups in total. The molecule has 13 atom stereocenters.